The average molecular weight is 337 g/mol. The number of benzene rings is 1. The molecule has 2 atom stereocenters. The monoisotopic (exact) mass is 337 g/mol. The molecule has 2 heterocycles. The molecular formula is C15H19N3O4S. The summed E-state index contributed by atoms with van der Waals surface area (Å²) in [5.41, 5.74) is 0.975. The summed E-state index contributed by atoms with van der Waals surface area (Å²) in [6.07, 6.45) is 2.22. The first-order chi connectivity index (χ1) is 10.9. The summed E-state index contributed by atoms with van der Waals surface area (Å²) < 4.78 is 28.9. The van der Waals surface area contributed by atoms with E-state index in [-0.39, 0.29) is 15.9 Å². The number of rotatable bonds is 3. The van der Waals surface area contributed by atoms with Crippen LogP contribution in [0.1, 0.15) is 31.2 Å². The van der Waals surface area contributed by atoms with E-state index in [4.69, 9.17) is 0 Å². The third-order valence-electron chi connectivity index (χ3n) is 4.55. The van der Waals surface area contributed by atoms with Crippen molar-refractivity contribution in [1.82, 2.24) is 4.90 Å². The smallest absolute Gasteiger partial charge is 0.283 e. The Labute approximate surface area is 135 Å². The van der Waals surface area contributed by atoms with Crippen LogP contribution in [0.5, 0.6) is 0 Å². The van der Waals surface area contributed by atoms with E-state index in [1.807, 2.05) is 11.8 Å². The minimum absolute atomic E-state index is 0.155. The number of nitrogens with zero attached hydrogens (tertiary/aromatic N) is 3. The van der Waals surface area contributed by atoms with Crippen molar-refractivity contribution in [2.45, 2.75) is 49.6 Å². The first-order valence-corrected chi connectivity index (χ1v) is 9.13. The van der Waals surface area contributed by atoms with Gasteiger partial charge in [0, 0.05) is 24.3 Å². The van der Waals surface area contributed by atoms with Gasteiger partial charge in [0.25, 0.3) is 10.0 Å². The van der Waals surface area contributed by atoms with Crippen molar-refractivity contribution in [3.05, 3.63) is 39.9 Å². The lowest BCUT2D eigenvalue weighted by Crippen LogP contribution is -2.50. The lowest BCUT2D eigenvalue weighted by molar-refractivity contribution is -0.530. The van der Waals surface area contributed by atoms with Gasteiger partial charge in [-0.2, -0.15) is 8.42 Å². The molecule has 0 spiro atoms. The summed E-state index contributed by atoms with van der Waals surface area (Å²) in [5.74, 6) is 0.464. The van der Waals surface area contributed by atoms with Crippen LogP contribution in [0, 0.1) is 17.0 Å². The van der Waals surface area contributed by atoms with Crippen molar-refractivity contribution >= 4 is 15.9 Å². The van der Waals surface area contributed by atoms with Gasteiger partial charge >= 0.3 is 0 Å². The van der Waals surface area contributed by atoms with Crippen LogP contribution in [0.4, 0.5) is 0 Å². The summed E-state index contributed by atoms with van der Waals surface area (Å²) in [4.78, 5) is 12.9. The lowest BCUT2D eigenvalue weighted by atomic mass is 9.96. The third kappa shape index (κ3) is 3.08. The number of piperidine rings is 1. The van der Waals surface area contributed by atoms with Gasteiger partial charge in [0.1, 0.15) is 5.84 Å². The summed E-state index contributed by atoms with van der Waals surface area (Å²) in [5, 5.41) is 11.2. The van der Waals surface area contributed by atoms with Gasteiger partial charge < -0.3 is 4.90 Å². The summed E-state index contributed by atoms with van der Waals surface area (Å²) in [6.45, 7) is 2.52. The highest BCUT2D eigenvalue weighted by Crippen LogP contribution is 2.31. The van der Waals surface area contributed by atoms with Crippen LogP contribution in [-0.4, -0.2) is 42.7 Å². The van der Waals surface area contributed by atoms with Crippen LogP contribution in [0.25, 0.3) is 0 Å². The Kier molecular flexibility index (Phi) is 4.09. The fourth-order valence-corrected chi connectivity index (χ4v) is 4.43. The predicted octanol–water partition coefficient (Wildman–Crippen LogP) is 1.99. The van der Waals surface area contributed by atoms with E-state index in [1.54, 1.807) is 24.3 Å². The van der Waals surface area contributed by atoms with Crippen molar-refractivity contribution in [2.24, 2.45) is 4.40 Å². The van der Waals surface area contributed by atoms with Gasteiger partial charge in [0.15, 0.2) is 0 Å². The van der Waals surface area contributed by atoms with Crippen LogP contribution in [-0.2, 0) is 10.0 Å². The number of hydrogen-bond acceptors (Lipinski definition) is 4. The molecule has 2 aliphatic heterocycles. The van der Waals surface area contributed by atoms with Gasteiger partial charge in [-0.1, -0.05) is 17.7 Å². The standard InChI is InChI=1S/C15H19N3O4S/c1-11-4-6-12(7-5-11)23(21,22)16-15-9-8-14(18(19)20)13-3-2-10-17(13)15/h4-7,13-14H,2-3,8-10H2,1H3/b16-15-/t13-,14+/m0/s1. The zero-order valence-electron chi connectivity index (χ0n) is 12.9. The molecule has 0 aliphatic carbocycles. The largest absolute Gasteiger partial charge is 0.349 e. The van der Waals surface area contributed by atoms with Gasteiger partial charge in [-0.15, -0.1) is 4.40 Å². The van der Waals surface area contributed by atoms with Gasteiger partial charge in [-0.25, -0.2) is 0 Å². The van der Waals surface area contributed by atoms with Gasteiger partial charge in [0.2, 0.25) is 6.04 Å². The SMILES string of the molecule is Cc1ccc(S(=O)(=O)/N=C2/CC[C@@H]([N+](=O)[O-])[C@@H]3CCCN23)cc1. The van der Waals surface area contributed by atoms with Crippen molar-refractivity contribution in [2.75, 3.05) is 6.54 Å². The van der Waals surface area contributed by atoms with Crippen LogP contribution in [0.15, 0.2) is 33.6 Å². The molecule has 0 saturated carbocycles. The third-order valence-corrected chi connectivity index (χ3v) is 5.87. The van der Waals surface area contributed by atoms with Crippen molar-refractivity contribution in [3.63, 3.8) is 0 Å². The molecule has 1 aromatic carbocycles. The molecule has 2 fully saturated rings. The fraction of sp³-hybridized carbons (Fsp3) is 0.533. The Morgan fingerprint density at radius 1 is 1.26 bits per heavy atom. The highest BCUT2D eigenvalue weighted by molar-refractivity contribution is 7.90. The molecule has 0 aromatic heterocycles. The molecule has 124 valence electrons. The zero-order valence-corrected chi connectivity index (χ0v) is 13.7. The molecular weight excluding hydrogens is 318 g/mol. The molecule has 0 unspecified atom stereocenters. The first kappa shape index (κ1) is 15.9. The zero-order chi connectivity index (χ0) is 16.6. The Morgan fingerprint density at radius 3 is 2.61 bits per heavy atom. The van der Waals surface area contributed by atoms with Crippen molar-refractivity contribution < 1.29 is 13.3 Å². The van der Waals surface area contributed by atoms with Gasteiger partial charge in [-0.3, -0.25) is 10.1 Å². The Bertz CT molecular complexity index is 742. The highest BCUT2D eigenvalue weighted by atomic mass is 32.2. The summed E-state index contributed by atoms with van der Waals surface area (Å²) >= 11 is 0. The van der Waals surface area contributed by atoms with Crippen molar-refractivity contribution in [3.8, 4) is 0 Å². The maximum atomic E-state index is 12.5. The first-order valence-electron chi connectivity index (χ1n) is 7.69. The maximum Gasteiger partial charge on any atom is 0.283 e. The molecule has 3 rings (SSSR count). The average Bonchev–Trinajstić information content (AvgIpc) is 2.97. The summed E-state index contributed by atoms with van der Waals surface area (Å²) in [6, 6.07) is 5.69. The molecule has 0 N–H and O–H groups in total. The quantitative estimate of drug-likeness (QED) is 0.621. The van der Waals surface area contributed by atoms with Gasteiger partial charge in [0.05, 0.1) is 10.9 Å². The van der Waals surface area contributed by atoms with Crippen LogP contribution in [0.2, 0.25) is 0 Å². The maximum absolute atomic E-state index is 12.5. The minimum Gasteiger partial charge on any atom is -0.349 e. The van der Waals surface area contributed by atoms with Crippen molar-refractivity contribution in [1.29, 1.82) is 0 Å². The molecule has 23 heavy (non-hydrogen) atoms. The fourth-order valence-electron chi connectivity index (χ4n) is 3.37. The van der Waals surface area contributed by atoms with E-state index in [0.29, 0.717) is 25.2 Å². The lowest BCUT2D eigenvalue weighted by Gasteiger charge is -2.34. The number of amidine groups is 1. The molecule has 0 radical (unpaired) electrons. The number of fused-ring (bicyclic) bond motifs is 1. The van der Waals surface area contributed by atoms with Crippen LogP contribution < -0.4 is 0 Å². The number of nitro groups is 1. The van der Waals surface area contributed by atoms with E-state index in [2.05, 4.69) is 4.40 Å². The van der Waals surface area contributed by atoms with Crippen LogP contribution in [0.3, 0.4) is 0 Å². The molecule has 0 bridgehead atoms. The molecule has 0 amide bonds. The van der Waals surface area contributed by atoms with E-state index >= 15 is 0 Å². The second kappa shape index (κ2) is 5.92. The topological polar surface area (TPSA) is 92.9 Å². The number of sulfonamides is 1. The molecule has 1 aromatic rings. The van der Waals surface area contributed by atoms with Gasteiger partial charge in [-0.05, 0) is 31.9 Å². The highest BCUT2D eigenvalue weighted by Gasteiger charge is 2.44. The molecule has 2 aliphatic rings. The molecule has 7 nitrogen and oxygen atoms in total. The van der Waals surface area contributed by atoms with Crippen LogP contribution >= 0.6 is 0 Å². The Morgan fingerprint density at radius 2 is 1.96 bits per heavy atom. The second-order valence-corrected chi connectivity index (χ2v) is 7.69. The van der Waals surface area contributed by atoms with E-state index in [1.165, 1.54) is 0 Å². The Hall–Kier alpha value is -1.96. The normalized spacial score (nSPS) is 26.3. The van der Waals surface area contributed by atoms with E-state index in [9.17, 15) is 18.5 Å². The second-order valence-electron chi connectivity index (χ2n) is 6.09. The molecule has 8 heteroatoms. The molecule has 2 saturated heterocycles. The number of aryl methyl sites for hydroxylation is 1. The number of hydrogen-bond donors (Lipinski definition) is 0. The minimum atomic E-state index is -3.78. The Balaban J connectivity index is 1.90. The summed E-state index contributed by atoms with van der Waals surface area (Å²) in [7, 11) is -3.78. The predicted molar refractivity (Wildman–Crippen MR) is 85.5 cm³/mol. The van der Waals surface area contributed by atoms with E-state index in [0.717, 1.165) is 18.4 Å². The van der Waals surface area contributed by atoms with E-state index < -0.39 is 16.1 Å².